The second kappa shape index (κ2) is 4.54. The van der Waals surface area contributed by atoms with Gasteiger partial charge in [-0.2, -0.15) is 4.39 Å². The van der Waals surface area contributed by atoms with Crippen molar-refractivity contribution < 1.29 is 9.18 Å². The SMILES string of the molecule is CC(=O)NCCc1cccc(F)n1. The van der Waals surface area contributed by atoms with E-state index in [1.54, 1.807) is 12.1 Å². The topological polar surface area (TPSA) is 42.0 Å². The summed E-state index contributed by atoms with van der Waals surface area (Å²) in [6.07, 6.45) is 0.553. The van der Waals surface area contributed by atoms with E-state index in [2.05, 4.69) is 10.3 Å². The predicted molar refractivity (Wildman–Crippen MR) is 46.6 cm³/mol. The summed E-state index contributed by atoms with van der Waals surface area (Å²) in [7, 11) is 0. The first kappa shape index (κ1) is 9.64. The fourth-order valence-electron chi connectivity index (χ4n) is 0.956. The molecule has 1 heterocycles. The van der Waals surface area contributed by atoms with Gasteiger partial charge in [0.1, 0.15) is 0 Å². The van der Waals surface area contributed by atoms with Crippen LogP contribution in [0.4, 0.5) is 4.39 Å². The number of halogens is 1. The molecule has 1 N–H and O–H groups in total. The molecule has 70 valence electrons. The van der Waals surface area contributed by atoms with Gasteiger partial charge >= 0.3 is 0 Å². The van der Waals surface area contributed by atoms with E-state index in [1.807, 2.05) is 0 Å². The maximum Gasteiger partial charge on any atom is 0.216 e. The molecule has 0 atom stereocenters. The number of nitrogens with one attached hydrogen (secondary N) is 1. The number of pyridine rings is 1. The Bertz CT molecular complexity index is 301. The Morgan fingerprint density at radius 3 is 3.00 bits per heavy atom. The molecule has 0 bridgehead atoms. The molecule has 1 amide bonds. The van der Waals surface area contributed by atoms with E-state index in [-0.39, 0.29) is 5.91 Å². The predicted octanol–water partition coefficient (Wildman–Crippen LogP) is 0.899. The average Bonchev–Trinajstić information content (AvgIpc) is 2.03. The molecule has 0 aliphatic heterocycles. The first-order chi connectivity index (χ1) is 6.18. The quantitative estimate of drug-likeness (QED) is 0.705. The molecule has 0 spiro atoms. The zero-order chi connectivity index (χ0) is 9.68. The molecule has 1 aromatic rings. The minimum Gasteiger partial charge on any atom is -0.356 e. The van der Waals surface area contributed by atoms with E-state index in [0.29, 0.717) is 18.7 Å². The largest absolute Gasteiger partial charge is 0.356 e. The number of aromatic nitrogens is 1. The third-order valence-electron chi connectivity index (χ3n) is 1.53. The molecule has 0 fully saturated rings. The second-order valence-electron chi connectivity index (χ2n) is 2.68. The van der Waals surface area contributed by atoms with Gasteiger partial charge in [0.25, 0.3) is 0 Å². The standard InChI is InChI=1S/C9H11FN2O/c1-7(13)11-6-5-8-3-2-4-9(10)12-8/h2-4H,5-6H2,1H3,(H,11,13). The highest BCUT2D eigenvalue weighted by Crippen LogP contribution is 1.97. The van der Waals surface area contributed by atoms with Crippen molar-refractivity contribution in [3.63, 3.8) is 0 Å². The van der Waals surface area contributed by atoms with Crippen molar-refractivity contribution in [3.8, 4) is 0 Å². The second-order valence-corrected chi connectivity index (χ2v) is 2.68. The first-order valence-electron chi connectivity index (χ1n) is 4.04. The Balaban J connectivity index is 2.41. The molecule has 0 aromatic carbocycles. The maximum absolute atomic E-state index is 12.6. The van der Waals surface area contributed by atoms with Gasteiger partial charge in [0.05, 0.1) is 0 Å². The Morgan fingerprint density at radius 2 is 2.38 bits per heavy atom. The van der Waals surface area contributed by atoms with E-state index < -0.39 is 5.95 Å². The summed E-state index contributed by atoms with van der Waals surface area (Å²) >= 11 is 0. The van der Waals surface area contributed by atoms with Gasteiger partial charge in [0, 0.05) is 25.6 Å². The van der Waals surface area contributed by atoms with Gasteiger partial charge in [0.15, 0.2) is 0 Å². The van der Waals surface area contributed by atoms with E-state index in [9.17, 15) is 9.18 Å². The highest BCUT2D eigenvalue weighted by Gasteiger charge is 1.97. The molecular formula is C9H11FN2O. The monoisotopic (exact) mass is 182 g/mol. The lowest BCUT2D eigenvalue weighted by atomic mass is 10.3. The highest BCUT2D eigenvalue weighted by molar-refractivity contribution is 5.72. The molecule has 0 radical (unpaired) electrons. The summed E-state index contributed by atoms with van der Waals surface area (Å²) in [6.45, 7) is 1.94. The molecule has 4 heteroatoms. The van der Waals surface area contributed by atoms with Crippen LogP contribution in [0.5, 0.6) is 0 Å². The van der Waals surface area contributed by atoms with Crippen LogP contribution in [0.25, 0.3) is 0 Å². The lowest BCUT2D eigenvalue weighted by molar-refractivity contribution is -0.118. The van der Waals surface area contributed by atoms with Crippen molar-refractivity contribution in [2.75, 3.05) is 6.54 Å². The van der Waals surface area contributed by atoms with Gasteiger partial charge in [-0.25, -0.2) is 4.98 Å². The van der Waals surface area contributed by atoms with E-state index in [4.69, 9.17) is 0 Å². The van der Waals surface area contributed by atoms with Crippen LogP contribution in [0.2, 0.25) is 0 Å². The first-order valence-corrected chi connectivity index (χ1v) is 4.04. The molecule has 0 saturated carbocycles. The van der Waals surface area contributed by atoms with Crippen LogP contribution >= 0.6 is 0 Å². The van der Waals surface area contributed by atoms with Crippen LogP contribution in [0.1, 0.15) is 12.6 Å². The summed E-state index contributed by atoms with van der Waals surface area (Å²) in [4.78, 5) is 14.1. The number of amides is 1. The van der Waals surface area contributed by atoms with Crippen LogP contribution in [-0.2, 0) is 11.2 Å². The lowest BCUT2D eigenvalue weighted by Crippen LogP contribution is -2.22. The molecule has 1 aromatic heterocycles. The van der Waals surface area contributed by atoms with Crippen molar-refractivity contribution >= 4 is 5.91 Å². The zero-order valence-electron chi connectivity index (χ0n) is 7.38. The number of carbonyl (C=O) groups is 1. The molecule has 0 unspecified atom stereocenters. The van der Waals surface area contributed by atoms with Gasteiger partial charge in [0.2, 0.25) is 11.9 Å². The van der Waals surface area contributed by atoms with Gasteiger partial charge in [-0.3, -0.25) is 4.79 Å². The summed E-state index contributed by atoms with van der Waals surface area (Å²) < 4.78 is 12.6. The van der Waals surface area contributed by atoms with Crippen molar-refractivity contribution in [1.29, 1.82) is 0 Å². The Labute approximate surface area is 76.0 Å². The molecule has 0 saturated heterocycles. The molecule has 1 rings (SSSR count). The van der Waals surface area contributed by atoms with E-state index in [1.165, 1.54) is 13.0 Å². The summed E-state index contributed by atoms with van der Waals surface area (Å²) in [5.41, 5.74) is 0.647. The zero-order valence-corrected chi connectivity index (χ0v) is 7.38. The number of rotatable bonds is 3. The summed E-state index contributed by atoms with van der Waals surface area (Å²) in [5, 5.41) is 2.61. The number of hydrogen-bond acceptors (Lipinski definition) is 2. The van der Waals surface area contributed by atoms with Gasteiger partial charge in [-0.1, -0.05) is 6.07 Å². The molecule has 0 aliphatic rings. The molecular weight excluding hydrogens is 171 g/mol. The smallest absolute Gasteiger partial charge is 0.216 e. The fraction of sp³-hybridized carbons (Fsp3) is 0.333. The molecule has 3 nitrogen and oxygen atoms in total. The minimum atomic E-state index is -0.486. The van der Waals surface area contributed by atoms with Crippen LogP contribution < -0.4 is 5.32 Å². The van der Waals surface area contributed by atoms with Gasteiger partial charge in [-0.15, -0.1) is 0 Å². The number of carbonyl (C=O) groups excluding carboxylic acids is 1. The van der Waals surface area contributed by atoms with Gasteiger partial charge in [-0.05, 0) is 12.1 Å². The van der Waals surface area contributed by atoms with Crippen molar-refractivity contribution in [2.45, 2.75) is 13.3 Å². The number of nitrogens with zero attached hydrogens (tertiary/aromatic N) is 1. The Kier molecular flexibility index (Phi) is 3.37. The lowest BCUT2D eigenvalue weighted by Gasteiger charge is -2.01. The van der Waals surface area contributed by atoms with E-state index in [0.717, 1.165) is 0 Å². The maximum atomic E-state index is 12.6. The fourth-order valence-corrected chi connectivity index (χ4v) is 0.956. The normalized spacial score (nSPS) is 9.69. The third-order valence-corrected chi connectivity index (χ3v) is 1.53. The van der Waals surface area contributed by atoms with Gasteiger partial charge < -0.3 is 5.32 Å². The summed E-state index contributed by atoms with van der Waals surface area (Å²) in [5.74, 6) is -0.572. The van der Waals surface area contributed by atoms with Crippen LogP contribution in [0.15, 0.2) is 18.2 Å². The van der Waals surface area contributed by atoms with Crippen LogP contribution in [0.3, 0.4) is 0 Å². The van der Waals surface area contributed by atoms with E-state index >= 15 is 0 Å². The number of hydrogen-bond donors (Lipinski definition) is 1. The van der Waals surface area contributed by atoms with Crippen molar-refractivity contribution in [1.82, 2.24) is 10.3 Å². The van der Waals surface area contributed by atoms with Crippen LogP contribution in [0, 0.1) is 5.95 Å². The Morgan fingerprint density at radius 1 is 1.62 bits per heavy atom. The minimum absolute atomic E-state index is 0.0867. The molecule has 0 aliphatic carbocycles. The highest BCUT2D eigenvalue weighted by atomic mass is 19.1. The van der Waals surface area contributed by atoms with Crippen molar-refractivity contribution in [3.05, 3.63) is 29.8 Å². The van der Waals surface area contributed by atoms with Crippen LogP contribution in [-0.4, -0.2) is 17.4 Å². The average molecular weight is 182 g/mol. The van der Waals surface area contributed by atoms with Crippen molar-refractivity contribution in [2.24, 2.45) is 0 Å². The Hall–Kier alpha value is -1.45. The summed E-state index contributed by atoms with van der Waals surface area (Å²) in [6, 6.07) is 4.62. The third kappa shape index (κ3) is 3.64. The molecule has 13 heavy (non-hydrogen) atoms.